The van der Waals surface area contributed by atoms with Crippen LogP contribution in [0.5, 0.6) is 0 Å². The smallest absolute Gasteiger partial charge is 0.164 e. The molecule has 0 N–H and O–H groups in total. The average Bonchev–Trinajstić information content (AvgIpc) is 3.23. The van der Waals surface area contributed by atoms with Crippen LogP contribution >= 0.6 is 0 Å². The second-order valence-electron chi connectivity index (χ2n) is 15.9. The van der Waals surface area contributed by atoms with Gasteiger partial charge in [-0.1, -0.05) is 115 Å². The summed E-state index contributed by atoms with van der Waals surface area (Å²) in [4.78, 5) is 15.8. The Morgan fingerprint density at radius 2 is 0.815 bits per heavy atom. The summed E-state index contributed by atoms with van der Waals surface area (Å²) in [6.45, 7) is 0. The zero-order valence-electron chi connectivity index (χ0n) is 30.2. The molecule has 1 heterocycles. The first-order chi connectivity index (χ1) is 26.6. The minimum absolute atomic E-state index is 0.179. The van der Waals surface area contributed by atoms with E-state index in [0.717, 1.165) is 67.8 Å². The van der Waals surface area contributed by atoms with Crippen molar-refractivity contribution in [2.75, 3.05) is 0 Å². The Morgan fingerprint density at radius 3 is 1.31 bits per heavy atom. The summed E-state index contributed by atoms with van der Waals surface area (Å²) in [5.41, 5.74) is 12.0. The van der Waals surface area contributed by atoms with E-state index in [9.17, 15) is 5.26 Å². The second-order valence-corrected chi connectivity index (χ2v) is 15.9. The van der Waals surface area contributed by atoms with Gasteiger partial charge in [-0.2, -0.15) is 5.26 Å². The van der Waals surface area contributed by atoms with Gasteiger partial charge in [-0.3, -0.25) is 0 Å². The van der Waals surface area contributed by atoms with Gasteiger partial charge in [0, 0.05) is 16.7 Å². The zero-order chi connectivity index (χ0) is 36.1. The van der Waals surface area contributed by atoms with Crippen molar-refractivity contribution < 1.29 is 0 Å². The van der Waals surface area contributed by atoms with Gasteiger partial charge in [0.1, 0.15) is 0 Å². The van der Waals surface area contributed by atoms with E-state index in [1.54, 1.807) is 0 Å². The number of rotatable bonds is 7. The van der Waals surface area contributed by atoms with E-state index in [1.165, 1.54) is 44.1 Å². The van der Waals surface area contributed by atoms with E-state index >= 15 is 0 Å². The predicted octanol–water partition coefficient (Wildman–Crippen LogP) is 12.2. The van der Waals surface area contributed by atoms with Crippen LogP contribution in [-0.4, -0.2) is 15.0 Å². The second kappa shape index (κ2) is 13.3. The fraction of sp³-hybridized carbons (Fsp3) is 0.200. The molecule has 0 unspecified atom stereocenters. The molecule has 0 atom stereocenters. The van der Waals surface area contributed by atoms with Crippen LogP contribution in [0, 0.1) is 29.1 Å². The molecule has 1 aromatic heterocycles. The van der Waals surface area contributed by atoms with Crippen LogP contribution in [0.25, 0.3) is 67.5 Å². The molecule has 4 bridgehead atoms. The number of nitriles is 1. The van der Waals surface area contributed by atoms with E-state index in [-0.39, 0.29) is 5.41 Å². The Labute approximate surface area is 317 Å². The highest BCUT2D eigenvalue weighted by atomic mass is 15.0. The standard InChI is InChI=1S/C50H40N4/c51-32-33-17-19-39(20-18-33)44-26-45(28-46(27-44)50-29-34-21-35(30-50)23-36(22-34)31-50)49-53-47(42-15-7-13-40(24-42)37-9-3-1-4-10-37)52-48(54-49)43-16-8-14-41(25-43)38-11-5-2-6-12-38/h1-20,24-28,34-36H,21-23,29-31H2/t34-,35+,36-,50?. The molecule has 0 aliphatic heterocycles. The molecule has 0 saturated heterocycles. The average molecular weight is 697 g/mol. The van der Waals surface area contributed by atoms with Crippen molar-refractivity contribution in [2.45, 2.75) is 43.9 Å². The van der Waals surface area contributed by atoms with Crippen LogP contribution in [0.2, 0.25) is 0 Å². The van der Waals surface area contributed by atoms with Gasteiger partial charge in [-0.25, -0.2) is 15.0 Å². The molecule has 260 valence electrons. The molecule has 4 aliphatic carbocycles. The number of hydrogen-bond donors (Lipinski definition) is 0. The first-order valence-electron chi connectivity index (χ1n) is 19.3. The highest BCUT2D eigenvalue weighted by Gasteiger charge is 2.51. The third kappa shape index (κ3) is 6.10. The Bertz CT molecular complexity index is 2400. The molecule has 11 rings (SSSR count). The van der Waals surface area contributed by atoms with Gasteiger partial charge in [0.05, 0.1) is 11.6 Å². The Hall–Kier alpha value is -6.18. The molecular formula is C50H40N4. The zero-order valence-corrected chi connectivity index (χ0v) is 30.2. The van der Waals surface area contributed by atoms with E-state index in [1.807, 2.05) is 24.3 Å². The van der Waals surface area contributed by atoms with Crippen LogP contribution in [0.15, 0.2) is 152 Å². The first-order valence-corrected chi connectivity index (χ1v) is 19.3. The van der Waals surface area contributed by atoms with Crippen LogP contribution in [-0.2, 0) is 5.41 Å². The molecule has 0 radical (unpaired) electrons. The lowest BCUT2D eigenvalue weighted by Gasteiger charge is -2.57. The Kier molecular flexibility index (Phi) is 8.02. The molecule has 54 heavy (non-hydrogen) atoms. The third-order valence-electron chi connectivity index (χ3n) is 12.3. The van der Waals surface area contributed by atoms with Gasteiger partial charge in [-0.15, -0.1) is 0 Å². The fourth-order valence-corrected chi connectivity index (χ4v) is 10.1. The highest BCUT2D eigenvalue weighted by Crippen LogP contribution is 2.61. The normalized spacial score (nSPS) is 21.1. The van der Waals surface area contributed by atoms with Crippen molar-refractivity contribution in [3.63, 3.8) is 0 Å². The summed E-state index contributed by atoms with van der Waals surface area (Å²) in [7, 11) is 0. The maximum absolute atomic E-state index is 9.56. The summed E-state index contributed by atoms with van der Waals surface area (Å²) in [5.74, 6) is 4.44. The van der Waals surface area contributed by atoms with E-state index < -0.39 is 0 Å². The molecule has 4 fully saturated rings. The third-order valence-corrected chi connectivity index (χ3v) is 12.3. The summed E-state index contributed by atoms with van der Waals surface area (Å²) in [5, 5.41) is 9.56. The molecule has 0 amide bonds. The fourth-order valence-electron chi connectivity index (χ4n) is 10.1. The van der Waals surface area contributed by atoms with E-state index in [4.69, 9.17) is 15.0 Å². The maximum atomic E-state index is 9.56. The van der Waals surface area contributed by atoms with Gasteiger partial charge in [-0.05, 0) is 137 Å². The van der Waals surface area contributed by atoms with Crippen LogP contribution in [0.3, 0.4) is 0 Å². The van der Waals surface area contributed by atoms with Crippen LogP contribution < -0.4 is 0 Å². The molecule has 7 aromatic rings. The van der Waals surface area contributed by atoms with Gasteiger partial charge in [0.2, 0.25) is 0 Å². The van der Waals surface area contributed by atoms with Gasteiger partial charge in [0.25, 0.3) is 0 Å². The van der Waals surface area contributed by atoms with Gasteiger partial charge < -0.3 is 0 Å². The number of aromatic nitrogens is 3. The molecule has 4 heteroatoms. The topological polar surface area (TPSA) is 62.5 Å². The number of benzene rings is 6. The molecule has 4 nitrogen and oxygen atoms in total. The summed E-state index contributed by atoms with van der Waals surface area (Å²) < 4.78 is 0. The number of nitrogens with zero attached hydrogens (tertiary/aromatic N) is 4. The minimum atomic E-state index is 0.179. The van der Waals surface area contributed by atoms with E-state index in [0.29, 0.717) is 23.0 Å². The molecule has 4 saturated carbocycles. The summed E-state index contributed by atoms with van der Waals surface area (Å²) in [6, 6.07) is 55.4. The first kappa shape index (κ1) is 32.5. The largest absolute Gasteiger partial charge is 0.208 e. The van der Waals surface area contributed by atoms with Crippen molar-refractivity contribution in [1.82, 2.24) is 15.0 Å². The lowest BCUT2D eigenvalue weighted by molar-refractivity contribution is -0.00515. The summed E-state index contributed by atoms with van der Waals surface area (Å²) in [6.07, 6.45) is 7.98. The monoisotopic (exact) mass is 696 g/mol. The SMILES string of the molecule is N#Cc1ccc(-c2cc(-c3nc(-c4cccc(-c5ccccc5)c4)nc(-c4cccc(-c5ccccc5)c4)n3)cc(C34C[C@H]5C[C@@H](C3)C[C@@H](C4)C5)c2)cc1. The Morgan fingerprint density at radius 1 is 0.407 bits per heavy atom. The molecular weight excluding hydrogens is 657 g/mol. The van der Waals surface area contributed by atoms with Crippen molar-refractivity contribution in [3.05, 3.63) is 163 Å². The quantitative estimate of drug-likeness (QED) is 0.166. The lowest BCUT2D eigenvalue weighted by Crippen LogP contribution is -2.48. The van der Waals surface area contributed by atoms with Crippen LogP contribution in [0.4, 0.5) is 0 Å². The van der Waals surface area contributed by atoms with Gasteiger partial charge >= 0.3 is 0 Å². The molecule has 6 aromatic carbocycles. The highest BCUT2D eigenvalue weighted by molar-refractivity contribution is 5.77. The molecule has 0 spiro atoms. The number of hydrogen-bond acceptors (Lipinski definition) is 4. The predicted molar refractivity (Wildman–Crippen MR) is 217 cm³/mol. The maximum Gasteiger partial charge on any atom is 0.164 e. The van der Waals surface area contributed by atoms with Crippen molar-refractivity contribution in [2.24, 2.45) is 17.8 Å². The van der Waals surface area contributed by atoms with Crippen molar-refractivity contribution in [1.29, 1.82) is 5.26 Å². The Balaban J connectivity index is 1.16. The minimum Gasteiger partial charge on any atom is -0.208 e. The van der Waals surface area contributed by atoms with Crippen LogP contribution in [0.1, 0.15) is 49.7 Å². The van der Waals surface area contributed by atoms with Gasteiger partial charge in [0.15, 0.2) is 17.5 Å². The van der Waals surface area contributed by atoms with Crippen molar-refractivity contribution in [3.8, 4) is 73.6 Å². The lowest BCUT2D eigenvalue weighted by atomic mass is 9.48. The summed E-state index contributed by atoms with van der Waals surface area (Å²) >= 11 is 0. The van der Waals surface area contributed by atoms with E-state index in [2.05, 4.69) is 133 Å². The molecule has 4 aliphatic rings. The van der Waals surface area contributed by atoms with Crippen molar-refractivity contribution >= 4 is 0 Å².